The van der Waals surface area contributed by atoms with Crippen molar-refractivity contribution in [1.82, 2.24) is 10.3 Å². The van der Waals surface area contributed by atoms with Crippen molar-refractivity contribution in [2.45, 2.75) is 13.5 Å². The molecule has 2 aromatic heterocycles. The third-order valence-corrected chi connectivity index (χ3v) is 6.93. The highest BCUT2D eigenvalue weighted by Gasteiger charge is 2.17. The van der Waals surface area contributed by atoms with Gasteiger partial charge in [-0.05, 0) is 48.2 Å². The Balaban J connectivity index is 1.79. The fourth-order valence-electron chi connectivity index (χ4n) is 2.46. The molecule has 1 aromatic carbocycles. The Morgan fingerprint density at radius 3 is 2.77 bits per heavy atom. The summed E-state index contributed by atoms with van der Waals surface area (Å²) in [5.41, 5.74) is 1.51. The minimum absolute atomic E-state index is 0.0349. The zero-order chi connectivity index (χ0) is 18.7. The van der Waals surface area contributed by atoms with Crippen LogP contribution in [0.2, 0.25) is 0 Å². The second kappa shape index (κ2) is 7.43. The number of benzene rings is 1. The molecule has 0 saturated heterocycles. The van der Waals surface area contributed by atoms with Gasteiger partial charge >= 0.3 is 0 Å². The van der Waals surface area contributed by atoms with E-state index in [2.05, 4.69) is 10.3 Å². The van der Waals surface area contributed by atoms with Gasteiger partial charge in [0.05, 0.1) is 16.3 Å². The number of aromatic nitrogens is 1. The number of rotatable bonds is 6. The number of fused-ring (bicyclic) bond motifs is 1. The zero-order valence-electron chi connectivity index (χ0n) is 14.5. The standard InChI is InChI=1S/C18H19N3O3S2/c1-3-26(23,24)21(2)15-6-7-16-14(9-15)10-17(25-16)18(22)20-12-13-5-4-8-19-11-13/h4-11H,3,12H2,1-2H3,(H,20,22). The van der Waals surface area contributed by atoms with Gasteiger partial charge in [0.1, 0.15) is 0 Å². The lowest BCUT2D eigenvalue weighted by molar-refractivity contribution is 0.0955. The fourth-order valence-corrected chi connectivity index (χ4v) is 4.25. The molecule has 6 nitrogen and oxygen atoms in total. The van der Waals surface area contributed by atoms with Gasteiger partial charge in [-0.2, -0.15) is 0 Å². The van der Waals surface area contributed by atoms with E-state index in [0.29, 0.717) is 17.1 Å². The minimum atomic E-state index is -3.32. The number of hydrogen-bond acceptors (Lipinski definition) is 5. The first-order valence-electron chi connectivity index (χ1n) is 8.08. The number of thiophene rings is 1. The molecule has 0 bridgehead atoms. The van der Waals surface area contributed by atoms with Gasteiger partial charge in [-0.3, -0.25) is 14.1 Å². The number of nitrogens with one attached hydrogen (secondary N) is 1. The second-order valence-corrected chi connectivity index (χ2v) is 9.12. The molecule has 0 radical (unpaired) electrons. The van der Waals surface area contributed by atoms with Gasteiger partial charge in [0.15, 0.2) is 0 Å². The van der Waals surface area contributed by atoms with E-state index in [1.165, 1.54) is 22.7 Å². The number of sulfonamides is 1. The van der Waals surface area contributed by atoms with Crippen LogP contribution in [0, 0.1) is 0 Å². The molecule has 1 amide bonds. The van der Waals surface area contributed by atoms with Gasteiger partial charge in [0.25, 0.3) is 5.91 Å². The summed E-state index contributed by atoms with van der Waals surface area (Å²) >= 11 is 1.38. The molecule has 0 atom stereocenters. The molecule has 136 valence electrons. The Bertz CT molecular complexity index is 1030. The summed E-state index contributed by atoms with van der Waals surface area (Å²) in [5.74, 6) is -0.126. The molecule has 0 saturated carbocycles. The van der Waals surface area contributed by atoms with Crippen LogP contribution in [-0.4, -0.2) is 32.1 Å². The molecule has 0 aliphatic rings. The largest absolute Gasteiger partial charge is 0.347 e. The highest BCUT2D eigenvalue weighted by molar-refractivity contribution is 7.92. The van der Waals surface area contributed by atoms with E-state index < -0.39 is 10.0 Å². The number of anilines is 1. The van der Waals surface area contributed by atoms with Gasteiger partial charge in [0.2, 0.25) is 10.0 Å². The molecule has 3 rings (SSSR count). The predicted octanol–water partition coefficient (Wildman–Crippen LogP) is 3.01. The molecule has 3 aromatic rings. The van der Waals surface area contributed by atoms with Gasteiger partial charge in [-0.25, -0.2) is 8.42 Å². The highest BCUT2D eigenvalue weighted by atomic mass is 32.2. The predicted molar refractivity (Wildman–Crippen MR) is 105 cm³/mol. The third-order valence-electron chi connectivity index (χ3n) is 4.05. The van der Waals surface area contributed by atoms with E-state index in [-0.39, 0.29) is 11.7 Å². The summed E-state index contributed by atoms with van der Waals surface area (Å²) in [7, 11) is -1.78. The van der Waals surface area contributed by atoms with Crippen molar-refractivity contribution in [3.8, 4) is 0 Å². The molecular weight excluding hydrogens is 370 g/mol. The highest BCUT2D eigenvalue weighted by Crippen LogP contribution is 2.30. The summed E-state index contributed by atoms with van der Waals surface area (Å²) in [6.45, 7) is 2.02. The number of carbonyl (C=O) groups is 1. The molecular formula is C18H19N3O3S2. The molecule has 0 fully saturated rings. The summed E-state index contributed by atoms with van der Waals surface area (Å²) in [6.07, 6.45) is 3.39. The molecule has 0 unspecified atom stereocenters. The Morgan fingerprint density at radius 1 is 1.27 bits per heavy atom. The Kier molecular flexibility index (Phi) is 5.24. The van der Waals surface area contributed by atoms with E-state index in [1.807, 2.05) is 18.2 Å². The Labute approximate surface area is 156 Å². The molecule has 8 heteroatoms. The number of hydrogen-bond donors (Lipinski definition) is 1. The van der Waals surface area contributed by atoms with Gasteiger partial charge in [-0.1, -0.05) is 6.07 Å². The van der Waals surface area contributed by atoms with Crippen molar-refractivity contribution in [3.63, 3.8) is 0 Å². The maximum Gasteiger partial charge on any atom is 0.261 e. The van der Waals surface area contributed by atoms with Crippen molar-refractivity contribution < 1.29 is 13.2 Å². The van der Waals surface area contributed by atoms with E-state index in [1.54, 1.807) is 37.5 Å². The van der Waals surface area contributed by atoms with Gasteiger partial charge in [0, 0.05) is 30.7 Å². The van der Waals surface area contributed by atoms with E-state index >= 15 is 0 Å². The van der Waals surface area contributed by atoms with Gasteiger partial charge in [-0.15, -0.1) is 11.3 Å². The van der Waals surface area contributed by atoms with Gasteiger partial charge < -0.3 is 5.32 Å². The Hall–Kier alpha value is -2.45. The van der Waals surface area contributed by atoms with Crippen molar-refractivity contribution in [2.24, 2.45) is 0 Å². The number of pyridine rings is 1. The molecule has 1 N–H and O–H groups in total. The quantitative estimate of drug-likeness (QED) is 0.703. The third kappa shape index (κ3) is 3.86. The van der Waals surface area contributed by atoms with E-state index in [9.17, 15) is 13.2 Å². The van der Waals surface area contributed by atoms with Crippen LogP contribution in [0.3, 0.4) is 0 Å². The van der Waals surface area contributed by atoms with Crippen LogP contribution in [0.25, 0.3) is 10.1 Å². The topological polar surface area (TPSA) is 79.4 Å². The molecule has 2 heterocycles. The number of amides is 1. The molecule has 0 aliphatic carbocycles. The van der Waals surface area contributed by atoms with Crippen molar-refractivity contribution in [3.05, 3.63) is 59.2 Å². The normalized spacial score (nSPS) is 11.5. The molecule has 0 spiro atoms. The SMILES string of the molecule is CCS(=O)(=O)N(C)c1ccc2sc(C(=O)NCc3cccnc3)cc2c1. The maximum absolute atomic E-state index is 12.4. The van der Waals surface area contributed by atoms with Crippen molar-refractivity contribution in [2.75, 3.05) is 17.1 Å². The second-order valence-electron chi connectivity index (χ2n) is 5.74. The first-order chi connectivity index (χ1) is 12.4. The van der Waals surface area contributed by atoms with Crippen LogP contribution < -0.4 is 9.62 Å². The van der Waals surface area contributed by atoms with Crippen LogP contribution in [0.5, 0.6) is 0 Å². The van der Waals surface area contributed by atoms with Crippen molar-refractivity contribution in [1.29, 1.82) is 0 Å². The summed E-state index contributed by atoms with van der Waals surface area (Å²) in [4.78, 5) is 17.0. The van der Waals surface area contributed by atoms with Crippen LogP contribution >= 0.6 is 11.3 Å². The molecule has 26 heavy (non-hydrogen) atoms. The molecule has 0 aliphatic heterocycles. The smallest absolute Gasteiger partial charge is 0.261 e. The minimum Gasteiger partial charge on any atom is -0.347 e. The first-order valence-corrected chi connectivity index (χ1v) is 10.5. The van der Waals surface area contributed by atoms with Crippen LogP contribution in [0.1, 0.15) is 22.2 Å². The average molecular weight is 390 g/mol. The van der Waals surface area contributed by atoms with Crippen LogP contribution in [0.15, 0.2) is 48.8 Å². The van der Waals surface area contributed by atoms with E-state index in [0.717, 1.165) is 15.6 Å². The maximum atomic E-state index is 12.4. The van der Waals surface area contributed by atoms with Crippen molar-refractivity contribution >= 4 is 43.0 Å². The summed E-state index contributed by atoms with van der Waals surface area (Å²) < 4.78 is 26.3. The zero-order valence-corrected chi connectivity index (χ0v) is 16.1. The monoisotopic (exact) mass is 389 g/mol. The van der Waals surface area contributed by atoms with E-state index in [4.69, 9.17) is 0 Å². The Morgan fingerprint density at radius 2 is 2.08 bits per heavy atom. The lowest BCUT2D eigenvalue weighted by Crippen LogP contribution is -2.27. The first kappa shape index (κ1) is 18.3. The lowest BCUT2D eigenvalue weighted by Gasteiger charge is -2.18. The summed E-state index contributed by atoms with van der Waals surface area (Å²) in [5, 5.41) is 3.72. The number of carbonyl (C=O) groups excluding carboxylic acids is 1. The fraction of sp³-hybridized carbons (Fsp3) is 0.222. The average Bonchev–Trinajstić information content (AvgIpc) is 3.09. The summed E-state index contributed by atoms with van der Waals surface area (Å²) in [6, 6.07) is 10.9. The number of nitrogens with zero attached hydrogens (tertiary/aromatic N) is 2. The lowest BCUT2D eigenvalue weighted by atomic mass is 10.2. The van der Waals surface area contributed by atoms with Crippen LogP contribution in [0.4, 0.5) is 5.69 Å². The van der Waals surface area contributed by atoms with Crippen LogP contribution in [-0.2, 0) is 16.6 Å².